The molecule has 3 heterocycles. The highest BCUT2D eigenvalue weighted by atomic mass is 19.4. The number of fused-ring (bicyclic) bond motifs is 1. The minimum Gasteiger partial charge on any atom is -0.383 e. The monoisotopic (exact) mass is 418 g/mol. The zero-order valence-electron chi connectivity index (χ0n) is 17.2. The molecule has 1 aliphatic heterocycles. The van der Waals surface area contributed by atoms with E-state index in [1.165, 1.54) is 6.20 Å². The van der Waals surface area contributed by atoms with Crippen molar-refractivity contribution < 1.29 is 13.2 Å². The predicted molar refractivity (Wildman–Crippen MR) is 106 cm³/mol. The van der Waals surface area contributed by atoms with Crippen LogP contribution in [0.4, 0.5) is 19.0 Å². The van der Waals surface area contributed by atoms with Gasteiger partial charge >= 0.3 is 6.18 Å². The predicted octanol–water partition coefficient (Wildman–Crippen LogP) is 4.07. The minimum absolute atomic E-state index is 0.0903. The molecular weight excluding hydrogens is 393 g/mol. The Morgan fingerprint density at radius 2 is 1.90 bits per heavy atom. The van der Waals surface area contributed by atoms with Crippen LogP contribution in [0.15, 0.2) is 18.3 Å². The minimum atomic E-state index is -4.56. The van der Waals surface area contributed by atoms with Crippen molar-refractivity contribution in [3.63, 3.8) is 0 Å². The highest BCUT2D eigenvalue weighted by Gasteiger charge is 2.58. The van der Waals surface area contributed by atoms with Crippen LogP contribution in [0.3, 0.4) is 0 Å². The first kappa shape index (κ1) is 20.7. The number of piperidine rings is 1. The molecule has 2 aliphatic rings. The lowest BCUT2D eigenvalue weighted by atomic mass is 10.1. The van der Waals surface area contributed by atoms with Crippen molar-refractivity contribution >= 4 is 5.82 Å². The molecule has 0 radical (unpaired) electrons. The van der Waals surface area contributed by atoms with Crippen LogP contribution in [0, 0.1) is 23.2 Å². The quantitative estimate of drug-likeness (QED) is 0.791. The summed E-state index contributed by atoms with van der Waals surface area (Å²) in [6.45, 7) is 7.99. The van der Waals surface area contributed by atoms with E-state index in [1.807, 2.05) is 24.6 Å². The molecule has 2 aromatic rings. The summed E-state index contributed by atoms with van der Waals surface area (Å²) in [6.07, 6.45) is -2.70. The molecule has 1 saturated carbocycles. The summed E-state index contributed by atoms with van der Waals surface area (Å²) < 4.78 is 41.6. The summed E-state index contributed by atoms with van der Waals surface area (Å²) in [4.78, 5) is 6.10. The van der Waals surface area contributed by atoms with Crippen LogP contribution >= 0.6 is 0 Å². The number of rotatable bonds is 5. The maximum absolute atomic E-state index is 13.2. The molecule has 3 unspecified atom stereocenters. The molecule has 0 bridgehead atoms. The summed E-state index contributed by atoms with van der Waals surface area (Å²) >= 11 is 0. The lowest BCUT2D eigenvalue weighted by Crippen LogP contribution is -2.33. The van der Waals surface area contributed by atoms with Gasteiger partial charge in [-0.1, -0.05) is 0 Å². The summed E-state index contributed by atoms with van der Waals surface area (Å²) in [5.74, 6) is 0.827. The normalized spacial score (nSPS) is 24.7. The Kier molecular flexibility index (Phi) is 5.01. The number of alkyl halides is 3. The topological polar surface area (TPSA) is 83.8 Å². The van der Waals surface area contributed by atoms with Gasteiger partial charge in [0.1, 0.15) is 5.82 Å². The molecule has 0 spiro atoms. The largest absolute Gasteiger partial charge is 0.419 e. The zero-order chi connectivity index (χ0) is 21.8. The van der Waals surface area contributed by atoms with Gasteiger partial charge in [-0.2, -0.15) is 23.5 Å². The summed E-state index contributed by atoms with van der Waals surface area (Å²) in [5, 5.41) is 13.5. The molecule has 4 rings (SSSR count). The fraction of sp³-hybridized carbons (Fsp3) is 0.571. The average molecular weight is 418 g/mol. The van der Waals surface area contributed by atoms with Crippen molar-refractivity contribution in [1.29, 1.82) is 5.26 Å². The molecule has 2 aromatic heterocycles. The van der Waals surface area contributed by atoms with E-state index in [0.29, 0.717) is 35.4 Å². The molecule has 30 heavy (non-hydrogen) atoms. The highest BCUT2D eigenvalue weighted by Crippen LogP contribution is 2.59. The van der Waals surface area contributed by atoms with Crippen molar-refractivity contribution in [2.75, 3.05) is 18.8 Å². The first-order valence-corrected chi connectivity index (χ1v) is 10.1. The van der Waals surface area contributed by atoms with Gasteiger partial charge in [0.15, 0.2) is 0 Å². The number of anilines is 1. The van der Waals surface area contributed by atoms with Gasteiger partial charge in [0, 0.05) is 48.5 Å². The number of pyridine rings is 1. The number of hydrogen-bond donors (Lipinski definition) is 1. The van der Waals surface area contributed by atoms with E-state index in [-0.39, 0.29) is 12.1 Å². The van der Waals surface area contributed by atoms with Gasteiger partial charge in [0.2, 0.25) is 0 Å². The molecule has 1 saturated heterocycles. The van der Waals surface area contributed by atoms with Crippen molar-refractivity contribution in [3.05, 3.63) is 29.6 Å². The summed E-state index contributed by atoms with van der Waals surface area (Å²) in [6, 6.07) is 5.50. The Labute approximate surface area is 173 Å². The number of hydrogen-bond acceptors (Lipinski definition) is 5. The second-order valence-corrected chi connectivity index (χ2v) is 8.67. The van der Waals surface area contributed by atoms with Crippen LogP contribution < -0.4 is 5.73 Å². The first-order chi connectivity index (χ1) is 14.1. The Bertz CT molecular complexity index is 978. The molecule has 160 valence electrons. The third-order valence-electron chi connectivity index (χ3n) is 6.35. The third kappa shape index (κ3) is 3.54. The molecule has 3 atom stereocenters. The molecule has 1 aliphatic carbocycles. The molecule has 0 aromatic carbocycles. The van der Waals surface area contributed by atoms with Crippen molar-refractivity contribution in [2.24, 2.45) is 11.8 Å². The second kappa shape index (κ2) is 7.27. The molecule has 2 fully saturated rings. The van der Waals surface area contributed by atoms with Gasteiger partial charge in [-0.3, -0.25) is 9.58 Å². The number of aromatic nitrogens is 3. The van der Waals surface area contributed by atoms with Gasteiger partial charge in [0.25, 0.3) is 0 Å². The molecule has 6 nitrogen and oxygen atoms in total. The van der Waals surface area contributed by atoms with Crippen LogP contribution in [-0.2, 0) is 6.18 Å². The number of halogens is 3. The maximum Gasteiger partial charge on any atom is 0.419 e. The molecular formula is C21H25F3N6. The number of nitrogens with two attached hydrogens (primary N) is 1. The van der Waals surface area contributed by atoms with Gasteiger partial charge in [-0.05, 0) is 44.7 Å². The fourth-order valence-corrected chi connectivity index (χ4v) is 4.67. The van der Waals surface area contributed by atoms with E-state index < -0.39 is 17.6 Å². The Morgan fingerprint density at radius 3 is 2.47 bits per heavy atom. The smallest absolute Gasteiger partial charge is 0.383 e. The SMILES string of the molecule is CC(CC#N)N1CC2C(C1)C2c1cc(-c2cnc(N)c(C(F)(F)F)c2)nn1C(C)C. The molecule has 0 amide bonds. The number of nitrogens with zero attached hydrogens (tertiary/aromatic N) is 5. The van der Waals surface area contributed by atoms with E-state index in [4.69, 9.17) is 11.0 Å². The van der Waals surface area contributed by atoms with Gasteiger partial charge in [0.05, 0.1) is 23.7 Å². The lowest BCUT2D eigenvalue weighted by molar-refractivity contribution is -0.137. The van der Waals surface area contributed by atoms with E-state index in [2.05, 4.69) is 28.0 Å². The van der Waals surface area contributed by atoms with Crippen molar-refractivity contribution in [3.8, 4) is 17.3 Å². The Hall–Kier alpha value is -2.60. The van der Waals surface area contributed by atoms with E-state index in [1.54, 1.807) is 0 Å². The zero-order valence-corrected chi connectivity index (χ0v) is 17.2. The summed E-state index contributed by atoms with van der Waals surface area (Å²) in [7, 11) is 0. The number of likely N-dealkylation sites (tertiary alicyclic amines) is 1. The van der Waals surface area contributed by atoms with Crippen LogP contribution in [0.5, 0.6) is 0 Å². The van der Waals surface area contributed by atoms with Crippen LogP contribution in [0.25, 0.3) is 11.3 Å². The van der Waals surface area contributed by atoms with Gasteiger partial charge < -0.3 is 5.73 Å². The van der Waals surface area contributed by atoms with Crippen molar-refractivity contribution in [1.82, 2.24) is 19.7 Å². The molecule has 9 heteroatoms. The Balaban J connectivity index is 1.61. The number of nitriles is 1. The highest BCUT2D eigenvalue weighted by molar-refractivity contribution is 5.63. The average Bonchev–Trinajstić information content (AvgIpc) is 3.03. The fourth-order valence-electron chi connectivity index (χ4n) is 4.67. The van der Waals surface area contributed by atoms with Crippen LogP contribution in [0.1, 0.15) is 50.4 Å². The number of nitrogen functional groups attached to an aromatic ring is 1. The third-order valence-corrected chi connectivity index (χ3v) is 6.35. The standard InChI is InChI=1S/C21H25F3N6/c1-11(2)30-18(19-14-9-29(10-15(14)19)12(3)4-5-25)7-17(28-30)13-6-16(21(22,23)24)20(26)27-8-13/h6-8,11-12,14-15,19H,4,9-10H2,1-3H3,(H2,26,27). The van der Waals surface area contributed by atoms with Crippen LogP contribution in [0.2, 0.25) is 0 Å². The Morgan fingerprint density at radius 1 is 1.23 bits per heavy atom. The first-order valence-electron chi connectivity index (χ1n) is 10.1. The van der Waals surface area contributed by atoms with Crippen LogP contribution in [-0.4, -0.2) is 38.8 Å². The van der Waals surface area contributed by atoms with E-state index in [0.717, 1.165) is 24.8 Å². The molecule has 2 N–H and O–H groups in total. The second-order valence-electron chi connectivity index (χ2n) is 8.67. The van der Waals surface area contributed by atoms with Gasteiger partial charge in [-0.25, -0.2) is 4.98 Å². The lowest BCUT2D eigenvalue weighted by Gasteiger charge is -2.25. The summed E-state index contributed by atoms with van der Waals surface area (Å²) in [5.41, 5.74) is 6.35. The maximum atomic E-state index is 13.2. The van der Waals surface area contributed by atoms with E-state index in [9.17, 15) is 13.2 Å². The van der Waals surface area contributed by atoms with Gasteiger partial charge in [-0.15, -0.1) is 0 Å². The van der Waals surface area contributed by atoms with E-state index >= 15 is 0 Å². The van der Waals surface area contributed by atoms with Crippen molar-refractivity contribution in [2.45, 2.75) is 51.4 Å².